The van der Waals surface area contributed by atoms with Crippen LogP contribution in [0.15, 0.2) is 29.1 Å². The van der Waals surface area contributed by atoms with Crippen LogP contribution in [0, 0.1) is 30.6 Å². The molecule has 2 aromatic rings. The van der Waals surface area contributed by atoms with E-state index in [-0.39, 0.29) is 44.5 Å². The van der Waals surface area contributed by atoms with Crippen molar-refractivity contribution >= 4 is 40.3 Å². The number of fused-ring (bicyclic) bond motifs is 12. The number of esters is 1. The molecule has 2 aromatic carbocycles. The third-order valence-corrected chi connectivity index (χ3v) is 14.2. The maximum absolute atomic E-state index is 14.6. The number of ether oxygens (including phenoxy) is 5. The molecule has 1 saturated carbocycles. The molecule has 3 fully saturated rings. The minimum Gasteiger partial charge on any atom is -0.507 e. The highest BCUT2D eigenvalue weighted by atomic mass is 16.7. The number of Topliss-reactive ketones (excluding diaryl/α,β-unsaturated/α-hetero) is 1. The summed E-state index contributed by atoms with van der Waals surface area (Å²) in [7, 11) is 1.44. The van der Waals surface area contributed by atoms with Crippen molar-refractivity contribution in [1.82, 2.24) is 9.91 Å². The van der Waals surface area contributed by atoms with Crippen LogP contribution in [0.4, 0.5) is 5.69 Å². The van der Waals surface area contributed by atoms with Crippen LogP contribution in [0.1, 0.15) is 95.6 Å². The summed E-state index contributed by atoms with van der Waals surface area (Å²) in [6, 6.07) is 0.550. The number of hydrazone groups is 1. The van der Waals surface area contributed by atoms with Crippen molar-refractivity contribution in [2.45, 2.75) is 130 Å². The zero-order chi connectivity index (χ0) is 46.5. The Morgan fingerprint density at radius 1 is 0.922 bits per heavy atom. The predicted octanol–water partition coefficient (Wildman–Crippen LogP) is 4.86. The number of ketones is 1. The molecule has 0 radical (unpaired) electrons. The van der Waals surface area contributed by atoms with Crippen LogP contribution in [0.5, 0.6) is 23.0 Å². The fraction of sp³-hybridized carbons (Fsp3) is 0.617. The Bertz CT molecular complexity index is 2230. The number of aromatic hydroxyl groups is 3. The van der Waals surface area contributed by atoms with Crippen LogP contribution in [-0.4, -0.2) is 141 Å². The molecule has 1 amide bonds. The normalized spacial score (nSPS) is 34.6. The van der Waals surface area contributed by atoms with Crippen LogP contribution >= 0.6 is 0 Å². The highest BCUT2D eigenvalue weighted by molar-refractivity contribution is 6.23. The average Bonchev–Trinajstić information content (AvgIpc) is 3.69. The Morgan fingerprint density at radius 2 is 1.58 bits per heavy atom. The van der Waals surface area contributed by atoms with Crippen LogP contribution < -0.4 is 10.1 Å². The molecule has 64 heavy (non-hydrogen) atoms. The molecule has 0 spiro atoms. The van der Waals surface area contributed by atoms with E-state index in [4.69, 9.17) is 23.7 Å². The number of rotatable bonds is 5. The molecule has 1 aliphatic carbocycles. The zero-order valence-corrected chi connectivity index (χ0v) is 38.2. The molecule has 350 valence electrons. The highest BCUT2D eigenvalue weighted by Crippen LogP contribution is 2.55. The molecule has 5 heterocycles. The third kappa shape index (κ3) is 8.76. The van der Waals surface area contributed by atoms with Gasteiger partial charge in [0.2, 0.25) is 0 Å². The lowest BCUT2D eigenvalue weighted by Crippen LogP contribution is -2.47. The summed E-state index contributed by atoms with van der Waals surface area (Å²) in [5.41, 5.74) is -0.307. The lowest BCUT2D eigenvalue weighted by atomic mass is 9.77. The van der Waals surface area contributed by atoms with Crippen LogP contribution in [0.25, 0.3) is 10.8 Å². The van der Waals surface area contributed by atoms with Gasteiger partial charge in [-0.05, 0) is 38.8 Å². The van der Waals surface area contributed by atoms with Gasteiger partial charge in [0.15, 0.2) is 5.75 Å². The number of methoxy groups -OCH3 is 1. The summed E-state index contributed by atoms with van der Waals surface area (Å²) >= 11 is 0. The van der Waals surface area contributed by atoms with Crippen molar-refractivity contribution in [3.63, 3.8) is 0 Å². The first kappa shape index (κ1) is 47.0. The molecule has 17 nitrogen and oxygen atoms in total. The van der Waals surface area contributed by atoms with E-state index >= 15 is 0 Å². The molecule has 6 aliphatic rings. The van der Waals surface area contributed by atoms with E-state index in [0.29, 0.717) is 19.1 Å². The van der Waals surface area contributed by atoms with E-state index in [1.165, 1.54) is 72.1 Å². The summed E-state index contributed by atoms with van der Waals surface area (Å²) in [6.07, 6.45) is 5.40. The van der Waals surface area contributed by atoms with Crippen molar-refractivity contribution in [3.05, 3.63) is 40.7 Å². The first-order valence-electron chi connectivity index (χ1n) is 22.4. The minimum atomic E-state index is -2.05. The molecule has 5 bridgehead atoms. The molecule has 0 aromatic heterocycles. The van der Waals surface area contributed by atoms with Crippen LogP contribution in [-0.2, 0) is 28.5 Å². The van der Waals surface area contributed by atoms with Crippen LogP contribution in [0.3, 0.4) is 0 Å². The van der Waals surface area contributed by atoms with Crippen molar-refractivity contribution in [3.8, 4) is 23.0 Å². The number of aliphatic hydroxyl groups excluding tert-OH is 2. The number of benzene rings is 2. The number of aliphatic hydroxyl groups is 2. The summed E-state index contributed by atoms with van der Waals surface area (Å²) < 4.78 is 29.7. The number of phenolic OH excluding ortho intramolecular Hbond substituents is 3. The fourth-order valence-electron chi connectivity index (χ4n) is 10.1. The maximum Gasteiger partial charge on any atom is 0.312 e. The maximum atomic E-state index is 14.6. The van der Waals surface area contributed by atoms with Gasteiger partial charge in [-0.15, -0.1) is 0 Å². The van der Waals surface area contributed by atoms with Gasteiger partial charge in [-0.3, -0.25) is 24.3 Å². The summed E-state index contributed by atoms with van der Waals surface area (Å²) in [4.78, 5) is 43.5. The third-order valence-electron chi connectivity index (χ3n) is 14.2. The Balaban J connectivity index is 1.33. The number of anilines is 1. The SMILES string of the molecule is CO[C@H]1/C=C/O[C@@]2(C)Oc3c(C)c(O)c4c(O)c(c(/C=N/N5CCN(C6CCCC6)CC5)c(O)c4c3C2=O)NC(=O)/C(C)=C\C2OC2[C@H](C)[C@H](O)[C@@H](C)[C@@H](O)[C@@H](C)[C@H](OC(C)=O)[C@@H]1C. The summed E-state index contributed by atoms with van der Waals surface area (Å²) in [5.74, 6) is -8.35. The highest BCUT2D eigenvalue weighted by Gasteiger charge is 2.51. The Morgan fingerprint density at radius 3 is 2.22 bits per heavy atom. The van der Waals surface area contributed by atoms with E-state index in [1.54, 1.807) is 40.7 Å². The van der Waals surface area contributed by atoms with E-state index in [9.17, 15) is 39.9 Å². The molecule has 2 unspecified atom stereocenters. The second-order valence-corrected chi connectivity index (χ2v) is 18.5. The summed E-state index contributed by atoms with van der Waals surface area (Å²) in [5, 5.41) is 67.9. The van der Waals surface area contributed by atoms with Gasteiger partial charge in [-0.25, -0.2) is 0 Å². The van der Waals surface area contributed by atoms with Gasteiger partial charge in [0, 0.05) is 93.4 Å². The monoisotopic (exact) mass is 892 g/mol. The summed E-state index contributed by atoms with van der Waals surface area (Å²) in [6.45, 7) is 15.4. The predicted molar refractivity (Wildman–Crippen MR) is 236 cm³/mol. The van der Waals surface area contributed by atoms with Crippen molar-refractivity contribution < 1.29 is 63.6 Å². The standard InChI is InChI=1S/C47H64N4O13/c1-22-20-32-43(63-32)26(5)38(54)24(3)37(53)25(4)42(62-28(7)52)23(2)31(60-9)14-19-61-47(8)45(58)35-33-34(39(55)27(6)44(35)64-47)41(57)36(49-46(22)59)30(40(33)56)21-48-51-17-15-50(16-18-51)29-12-10-11-13-29/h14,19-21,23-26,29,31-32,37-38,42-43,53-57H,10-13,15-18H2,1-9H3,(H,49,59)/b19-14+,22-20-,48-21+/t23-,24+,25-,26-,31+,32?,37-,38-,42-,43?,47+/m1/s1. The quantitative estimate of drug-likeness (QED) is 0.0774. The fourth-order valence-corrected chi connectivity index (χ4v) is 10.1. The van der Waals surface area contributed by atoms with E-state index in [2.05, 4.69) is 15.3 Å². The lowest BCUT2D eigenvalue weighted by molar-refractivity contribution is -0.160. The van der Waals surface area contributed by atoms with Gasteiger partial charge in [0.25, 0.3) is 11.7 Å². The lowest BCUT2D eigenvalue weighted by Gasteiger charge is -2.38. The Kier molecular flexibility index (Phi) is 13.6. The second kappa shape index (κ2) is 18.5. The van der Waals surface area contributed by atoms with Gasteiger partial charge in [0.05, 0.1) is 59.1 Å². The number of nitrogens with one attached hydrogen (secondary N) is 1. The van der Waals surface area contributed by atoms with E-state index in [1.807, 2.05) is 5.01 Å². The molecule has 8 rings (SSSR count). The average molecular weight is 893 g/mol. The number of carbonyl (C=O) groups excluding carboxylic acids is 3. The van der Waals surface area contributed by atoms with Gasteiger partial charge >= 0.3 is 11.8 Å². The largest absolute Gasteiger partial charge is 0.507 e. The van der Waals surface area contributed by atoms with Crippen LogP contribution in [0.2, 0.25) is 0 Å². The van der Waals surface area contributed by atoms with Gasteiger partial charge in [-0.2, -0.15) is 5.10 Å². The Labute approximate surface area is 373 Å². The molecule has 17 heteroatoms. The Hall–Kier alpha value is -4.94. The number of piperazine rings is 1. The minimum absolute atomic E-state index is 0.0601. The van der Waals surface area contributed by atoms with Gasteiger partial charge in [-0.1, -0.05) is 40.5 Å². The van der Waals surface area contributed by atoms with Gasteiger partial charge in [0.1, 0.15) is 29.5 Å². The number of carbonyl (C=O) groups is 3. The first-order valence-corrected chi connectivity index (χ1v) is 22.4. The number of nitrogens with zero attached hydrogens (tertiary/aromatic N) is 3. The number of epoxide rings is 1. The topological polar surface area (TPSA) is 233 Å². The van der Waals surface area contributed by atoms with E-state index < -0.39 is 101 Å². The molecular weight excluding hydrogens is 829 g/mol. The molecule has 2 saturated heterocycles. The van der Waals surface area contributed by atoms with Crippen molar-refractivity contribution in [2.24, 2.45) is 28.8 Å². The molecular formula is C47H64N4O13. The van der Waals surface area contributed by atoms with Gasteiger partial charge < -0.3 is 54.5 Å². The zero-order valence-electron chi connectivity index (χ0n) is 38.2. The molecule has 5 aliphatic heterocycles. The number of hydrogen-bond donors (Lipinski definition) is 6. The van der Waals surface area contributed by atoms with E-state index in [0.717, 1.165) is 13.1 Å². The molecule has 11 atom stereocenters. The smallest absolute Gasteiger partial charge is 0.312 e. The number of phenols is 3. The molecule has 6 N–H and O–H groups in total. The van der Waals surface area contributed by atoms with Crippen molar-refractivity contribution in [1.29, 1.82) is 0 Å². The second-order valence-electron chi connectivity index (χ2n) is 18.5. The number of amides is 1. The van der Waals surface area contributed by atoms with Crippen molar-refractivity contribution in [2.75, 3.05) is 38.6 Å². The first-order chi connectivity index (χ1) is 30.3. The number of hydrogen-bond acceptors (Lipinski definition) is 16.